The van der Waals surface area contributed by atoms with Crippen molar-refractivity contribution in [2.24, 2.45) is 0 Å². The number of halogens is 2. The summed E-state index contributed by atoms with van der Waals surface area (Å²) in [5.41, 5.74) is 1.46. The zero-order valence-corrected chi connectivity index (χ0v) is 17.0. The molecule has 1 amide bonds. The van der Waals surface area contributed by atoms with Crippen molar-refractivity contribution in [3.63, 3.8) is 0 Å². The number of hydrogen-bond acceptors (Lipinski definition) is 4. The molecule has 3 rings (SSSR count). The number of anilines is 1. The number of likely N-dealkylation sites (N-methyl/N-ethyl adjacent to an activating group) is 1. The SMILES string of the molecule is CN(C)CCN(C(=O)CCc1ccccc1)c1nc2c(F)cccc2s1.Cl. The number of nitrogens with zero attached hydrogens (tertiary/aromatic N) is 3. The van der Waals surface area contributed by atoms with Crippen LogP contribution in [-0.4, -0.2) is 43.0 Å². The molecule has 0 fully saturated rings. The zero-order valence-electron chi connectivity index (χ0n) is 15.4. The van der Waals surface area contributed by atoms with Crippen molar-refractivity contribution >= 4 is 45.0 Å². The van der Waals surface area contributed by atoms with E-state index in [4.69, 9.17) is 0 Å². The predicted octanol–water partition coefficient (Wildman–Crippen LogP) is 4.38. The van der Waals surface area contributed by atoms with Gasteiger partial charge in [0.15, 0.2) is 5.13 Å². The fraction of sp³-hybridized carbons (Fsp3) is 0.300. The van der Waals surface area contributed by atoms with Crippen LogP contribution in [0.5, 0.6) is 0 Å². The highest BCUT2D eigenvalue weighted by Gasteiger charge is 2.20. The molecule has 2 aromatic carbocycles. The third kappa shape index (κ3) is 5.48. The molecule has 0 bridgehead atoms. The van der Waals surface area contributed by atoms with Crippen LogP contribution >= 0.6 is 23.7 Å². The lowest BCUT2D eigenvalue weighted by atomic mass is 10.1. The van der Waals surface area contributed by atoms with Crippen LogP contribution in [0.25, 0.3) is 10.2 Å². The minimum atomic E-state index is -0.353. The number of para-hydroxylation sites is 1. The summed E-state index contributed by atoms with van der Waals surface area (Å²) in [5.74, 6) is -0.343. The molecule has 1 heterocycles. The van der Waals surface area contributed by atoms with E-state index < -0.39 is 0 Å². The second-order valence-electron chi connectivity index (χ2n) is 6.42. The van der Waals surface area contributed by atoms with Crippen LogP contribution in [0.15, 0.2) is 48.5 Å². The number of hydrogen-bond donors (Lipinski definition) is 0. The Hall–Kier alpha value is -2.02. The van der Waals surface area contributed by atoms with Gasteiger partial charge in [-0.05, 0) is 38.2 Å². The van der Waals surface area contributed by atoms with Crippen molar-refractivity contribution in [3.05, 3.63) is 59.9 Å². The molecule has 0 unspecified atom stereocenters. The van der Waals surface area contributed by atoms with Crippen molar-refractivity contribution in [3.8, 4) is 0 Å². The smallest absolute Gasteiger partial charge is 0.229 e. The second kappa shape index (κ2) is 9.78. The molecule has 0 spiro atoms. The van der Waals surface area contributed by atoms with Gasteiger partial charge in [-0.25, -0.2) is 9.37 Å². The summed E-state index contributed by atoms with van der Waals surface area (Å²) in [5, 5.41) is 0.560. The third-order valence-electron chi connectivity index (χ3n) is 4.13. The summed E-state index contributed by atoms with van der Waals surface area (Å²) in [4.78, 5) is 21.0. The fourth-order valence-corrected chi connectivity index (χ4v) is 3.70. The summed E-state index contributed by atoms with van der Waals surface area (Å²) < 4.78 is 14.7. The van der Waals surface area contributed by atoms with Gasteiger partial charge in [0.25, 0.3) is 0 Å². The summed E-state index contributed by atoms with van der Waals surface area (Å²) in [6, 6.07) is 14.8. The molecule has 0 N–H and O–H groups in total. The number of benzene rings is 2. The van der Waals surface area contributed by atoms with Gasteiger partial charge < -0.3 is 4.90 Å². The van der Waals surface area contributed by atoms with Crippen LogP contribution in [0.4, 0.5) is 9.52 Å². The van der Waals surface area contributed by atoms with Gasteiger partial charge in [0, 0.05) is 19.5 Å². The van der Waals surface area contributed by atoms with Crippen molar-refractivity contribution in [2.45, 2.75) is 12.8 Å². The summed E-state index contributed by atoms with van der Waals surface area (Å²) in [6.45, 7) is 1.25. The summed E-state index contributed by atoms with van der Waals surface area (Å²) >= 11 is 1.36. The Kier molecular flexibility index (Phi) is 7.71. The van der Waals surface area contributed by atoms with Gasteiger partial charge in [0.1, 0.15) is 11.3 Å². The number of amides is 1. The van der Waals surface area contributed by atoms with Crippen LogP contribution in [-0.2, 0) is 11.2 Å². The monoisotopic (exact) mass is 407 g/mol. The molecule has 7 heteroatoms. The first kappa shape index (κ1) is 21.3. The van der Waals surface area contributed by atoms with Crippen LogP contribution < -0.4 is 4.90 Å². The van der Waals surface area contributed by atoms with Crippen LogP contribution in [0.1, 0.15) is 12.0 Å². The normalized spacial score (nSPS) is 10.8. The molecule has 27 heavy (non-hydrogen) atoms. The van der Waals surface area contributed by atoms with Gasteiger partial charge in [-0.3, -0.25) is 9.69 Å². The standard InChI is InChI=1S/C20H22FN3OS.ClH/c1-23(2)13-14-24(18(25)12-11-15-7-4-3-5-8-15)20-22-19-16(21)9-6-10-17(19)26-20;/h3-10H,11-14H2,1-2H3;1H. The molecule has 3 aromatic rings. The highest BCUT2D eigenvalue weighted by atomic mass is 35.5. The molecule has 0 atom stereocenters. The van der Waals surface area contributed by atoms with E-state index in [1.54, 1.807) is 11.0 Å². The quantitative estimate of drug-likeness (QED) is 0.583. The molecule has 0 saturated carbocycles. The first-order chi connectivity index (χ1) is 12.5. The van der Waals surface area contributed by atoms with Gasteiger partial charge in [-0.2, -0.15) is 0 Å². The lowest BCUT2D eigenvalue weighted by molar-refractivity contribution is -0.118. The van der Waals surface area contributed by atoms with Gasteiger partial charge in [-0.15, -0.1) is 12.4 Å². The molecular formula is C20H23ClFN3OS. The second-order valence-corrected chi connectivity index (χ2v) is 7.43. The highest BCUT2D eigenvalue weighted by molar-refractivity contribution is 7.22. The molecule has 144 valence electrons. The Morgan fingerprint density at radius 3 is 2.48 bits per heavy atom. The van der Waals surface area contributed by atoms with Crippen molar-refractivity contribution in [2.75, 3.05) is 32.1 Å². The topological polar surface area (TPSA) is 36.4 Å². The molecule has 1 aromatic heterocycles. The predicted molar refractivity (Wildman–Crippen MR) is 112 cm³/mol. The first-order valence-corrected chi connectivity index (χ1v) is 9.40. The van der Waals surface area contributed by atoms with Crippen LogP contribution in [0, 0.1) is 5.82 Å². The molecule has 0 saturated heterocycles. The average Bonchev–Trinajstić information content (AvgIpc) is 3.06. The maximum absolute atomic E-state index is 14.0. The number of aryl methyl sites for hydroxylation is 1. The minimum absolute atomic E-state index is 0. The van der Waals surface area contributed by atoms with Gasteiger partial charge >= 0.3 is 0 Å². The molecule has 0 radical (unpaired) electrons. The largest absolute Gasteiger partial charge is 0.308 e. The lowest BCUT2D eigenvalue weighted by Gasteiger charge is -2.22. The number of aromatic nitrogens is 1. The molecule has 0 aliphatic heterocycles. The number of rotatable bonds is 7. The molecule has 0 aliphatic carbocycles. The Morgan fingerprint density at radius 1 is 1.07 bits per heavy atom. The lowest BCUT2D eigenvalue weighted by Crippen LogP contribution is -2.36. The Morgan fingerprint density at radius 2 is 1.81 bits per heavy atom. The molecule has 4 nitrogen and oxygen atoms in total. The van der Waals surface area contributed by atoms with E-state index in [9.17, 15) is 9.18 Å². The average molecular weight is 408 g/mol. The third-order valence-corrected chi connectivity index (χ3v) is 5.18. The number of thiazole rings is 1. The van der Waals surface area contributed by atoms with Crippen LogP contribution in [0.2, 0.25) is 0 Å². The highest BCUT2D eigenvalue weighted by Crippen LogP contribution is 2.30. The van der Waals surface area contributed by atoms with E-state index in [1.807, 2.05) is 55.4 Å². The van der Waals surface area contributed by atoms with Gasteiger partial charge in [0.05, 0.1) is 4.70 Å². The van der Waals surface area contributed by atoms with Crippen molar-refractivity contribution in [1.82, 2.24) is 9.88 Å². The number of carbonyl (C=O) groups is 1. The van der Waals surface area contributed by atoms with E-state index >= 15 is 0 Å². The number of fused-ring (bicyclic) bond motifs is 1. The van der Waals surface area contributed by atoms with E-state index in [1.165, 1.54) is 17.4 Å². The fourth-order valence-electron chi connectivity index (χ4n) is 2.68. The maximum atomic E-state index is 14.0. The summed E-state index contributed by atoms with van der Waals surface area (Å²) in [6.07, 6.45) is 1.08. The van der Waals surface area contributed by atoms with E-state index in [2.05, 4.69) is 4.98 Å². The van der Waals surface area contributed by atoms with E-state index in [0.717, 1.165) is 16.8 Å². The maximum Gasteiger partial charge on any atom is 0.229 e. The minimum Gasteiger partial charge on any atom is -0.308 e. The Labute approximate surface area is 169 Å². The van der Waals surface area contributed by atoms with Crippen molar-refractivity contribution in [1.29, 1.82) is 0 Å². The van der Waals surface area contributed by atoms with Gasteiger partial charge in [-0.1, -0.05) is 47.7 Å². The Balaban J connectivity index is 0.00000261. The van der Waals surface area contributed by atoms with Gasteiger partial charge in [0.2, 0.25) is 5.91 Å². The zero-order chi connectivity index (χ0) is 18.5. The Bertz CT molecular complexity index is 885. The molecular weight excluding hydrogens is 385 g/mol. The molecule has 0 aliphatic rings. The van der Waals surface area contributed by atoms with E-state index in [0.29, 0.717) is 30.0 Å². The summed E-state index contributed by atoms with van der Waals surface area (Å²) in [7, 11) is 3.93. The van der Waals surface area contributed by atoms with E-state index in [-0.39, 0.29) is 24.1 Å². The van der Waals surface area contributed by atoms with Crippen molar-refractivity contribution < 1.29 is 9.18 Å². The first-order valence-electron chi connectivity index (χ1n) is 8.58. The number of carbonyl (C=O) groups excluding carboxylic acids is 1. The van der Waals surface area contributed by atoms with Crippen LogP contribution in [0.3, 0.4) is 0 Å².